The lowest BCUT2D eigenvalue weighted by Gasteiger charge is -2.34. The lowest BCUT2D eigenvalue weighted by molar-refractivity contribution is 0.110. The SMILES string of the molecule is CCOCCOc1ccc(S(=O)(=O)N2CCN(Cc3ccc(OC)c(OC)c3)CC2)cc1. The molecule has 0 saturated carbocycles. The zero-order chi connectivity index (χ0) is 23.0. The molecule has 176 valence electrons. The van der Waals surface area contributed by atoms with Crippen LogP contribution in [0.25, 0.3) is 0 Å². The lowest BCUT2D eigenvalue weighted by atomic mass is 10.1. The maximum atomic E-state index is 13.0. The largest absolute Gasteiger partial charge is 0.493 e. The monoisotopic (exact) mass is 464 g/mol. The average molecular weight is 465 g/mol. The third-order valence-electron chi connectivity index (χ3n) is 5.35. The number of hydrogen-bond acceptors (Lipinski definition) is 7. The maximum absolute atomic E-state index is 13.0. The van der Waals surface area contributed by atoms with Crippen LogP contribution < -0.4 is 14.2 Å². The van der Waals surface area contributed by atoms with Crippen molar-refractivity contribution in [3.05, 3.63) is 48.0 Å². The smallest absolute Gasteiger partial charge is 0.243 e. The van der Waals surface area contributed by atoms with E-state index in [1.54, 1.807) is 42.8 Å². The highest BCUT2D eigenvalue weighted by atomic mass is 32.2. The Kier molecular flexibility index (Phi) is 8.75. The third kappa shape index (κ3) is 6.13. The molecule has 9 heteroatoms. The Morgan fingerprint density at radius 2 is 1.56 bits per heavy atom. The summed E-state index contributed by atoms with van der Waals surface area (Å²) in [6, 6.07) is 12.4. The van der Waals surface area contributed by atoms with Gasteiger partial charge >= 0.3 is 0 Å². The molecule has 0 aliphatic carbocycles. The fraction of sp³-hybridized carbons (Fsp3) is 0.478. The molecule has 1 aliphatic rings. The van der Waals surface area contributed by atoms with Crippen molar-refractivity contribution in [2.45, 2.75) is 18.4 Å². The van der Waals surface area contributed by atoms with Crippen molar-refractivity contribution in [2.24, 2.45) is 0 Å². The molecule has 0 atom stereocenters. The molecule has 0 unspecified atom stereocenters. The summed E-state index contributed by atoms with van der Waals surface area (Å²) in [5.41, 5.74) is 1.10. The normalized spacial score (nSPS) is 15.5. The number of hydrogen-bond donors (Lipinski definition) is 0. The van der Waals surface area contributed by atoms with Gasteiger partial charge in [-0.2, -0.15) is 4.31 Å². The Labute approximate surface area is 190 Å². The Balaban J connectivity index is 1.54. The minimum Gasteiger partial charge on any atom is -0.493 e. The van der Waals surface area contributed by atoms with Gasteiger partial charge in [-0.25, -0.2) is 8.42 Å². The van der Waals surface area contributed by atoms with Crippen LogP contribution >= 0.6 is 0 Å². The average Bonchev–Trinajstić information content (AvgIpc) is 2.82. The molecule has 0 amide bonds. The molecule has 0 aromatic heterocycles. The summed E-state index contributed by atoms with van der Waals surface area (Å²) < 4.78 is 49.1. The van der Waals surface area contributed by atoms with Gasteiger partial charge in [-0.1, -0.05) is 6.07 Å². The van der Waals surface area contributed by atoms with E-state index in [1.807, 2.05) is 25.1 Å². The first-order chi connectivity index (χ1) is 15.5. The van der Waals surface area contributed by atoms with E-state index in [0.29, 0.717) is 63.2 Å². The first-order valence-corrected chi connectivity index (χ1v) is 12.2. The minimum atomic E-state index is -3.53. The van der Waals surface area contributed by atoms with Crippen LogP contribution in [0.4, 0.5) is 0 Å². The summed E-state index contributed by atoms with van der Waals surface area (Å²) in [6.45, 7) is 6.44. The summed E-state index contributed by atoms with van der Waals surface area (Å²) in [5.74, 6) is 2.01. The van der Waals surface area contributed by atoms with E-state index in [1.165, 1.54) is 0 Å². The van der Waals surface area contributed by atoms with Crippen LogP contribution in [0, 0.1) is 0 Å². The lowest BCUT2D eigenvalue weighted by Crippen LogP contribution is -2.48. The molecule has 1 saturated heterocycles. The molecule has 1 aliphatic heterocycles. The molecular weight excluding hydrogens is 432 g/mol. The van der Waals surface area contributed by atoms with Crippen LogP contribution in [-0.4, -0.2) is 77.8 Å². The van der Waals surface area contributed by atoms with Crippen molar-refractivity contribution in [3.63, 3.8) is 0 Å². The molecule has 1 heterocycles. The van der Waals surface area contributed by atoms with E-state index in [-0.39, 0.29) is 4.90 Å². The first kappa shape index (κ1) is 24.3. The van der Waals surface area contributed by atoms with Gasteiger partial charge in [0.1, 0.15) is 12.4 Å². The van der Waals surface area contributed by atoms with Crippen LogP contribution in [0.2, 0.25) is 0 Å². The Hall–Kier alpha value is -2.33. The van der Waals surface area contributed by atoms with Gasteiger partial charge in [-0.3, -0.25) is 4.90 Å². The van der Waals surface area contributed by atoms with Gasteiger partial charge in [-0.05, 0) is 48.9 Å². The second kappa shape index (κ2) is 11.5. The molecule has 2 aromatic carbocycles. The topological polar surface area (TPSA) is 77.5 Å². The Morgan fingerprint density at radius 1 is 0.875 bits per heavy atom. The van der Waals surface area contributed by atoms with Crippen molar-refractivity contribution in [1.82, 2.24) is 9.21 Å². The Morgan fingerprint density at radius 3 is 2.19 bits per heavy atom. The van der Waals surface area contributed by atoms with Crippen molar-refractivity contribution in [3.8, 4) is 17.2 Å². The fourth-order valence-corrected chi connectivity index (χ4v) is 5.01. The molecule has 8 nitrogen and oxygen atoms in total. The van der Waals surface area contributed by atoms with Crippen LogP contribution in [0.3, 0.4) is 0 Å². The van der Waals surface area contributed by atoms with Gasteiger partial charge in [-0.15, -0.1) is 0 Å². The number of sulfonamides is 1. The molecule has 32 heavy (non-hydrogen) atoms. The van der Waals surface area contributed by atoms with Gasteiger partial charge in [0.2, 0.25) is 10.0 Å². The van der Waals surface area contributed by atoms with E-state index >= 15 is 0 Å². The van der Waals surface area contributed by atoms with E-state index in [0.717, 1.165) is 12.1 Å². The molecule has 0 N–H and O–H groups in total. The van der Waals surface area contributed by atoms with Gasteiger partial charge in [0, 0.05) is 39.3 Å². The summed E-state index contributed by atoms with van der Waals surface area (Å²) in [6.07, 6.45) is 0. The van der Waals surface area contributed by atoms with Crippen molar-refractivity contribution >= 4 is 10.0 Å². The highest BCUT2D eigenvalue weighted by Crippen LogP contribution is 2.28. The number of ether oxygens (including phenoxy) is 4. The Bertz CT molecular complexity index is 957. The quantitative estimate of drug-likeness (QED) is 0.473. The predicted octanol–water partition coefficient (Wildman–Crippen LogP) is 2.63. The second-order valence-corrected chi connectivity index (χ2v) is 9.32. The van der Waals surface area contributed by atoms with Crippen LogP contribution in [0.5, 0.6) is 17.2 Å². The zero-order valence-electron chi connectivity index (χ0n) is 19.0. The van der Waals surface area contributed by atoms with Crippen LogP contribution in [0.1, 0.15) is 12.5 Å². The number of nitrogens with zero attached hydrogens (tertiary/aromatic N) is 2. The summed E-state index contributed by atoms with van der Waals surface area (Å²) in [5, 5.41) is 0. The molecule has 0 radical (unpaired) electrons. The highest BCUT2D eigenvalue weighted by molar-refractivity contribution is 7.89. The van der Waals surface area contributed by atoms with Gasteiger partial charge < -0.3 is 18.9 Å². The maximum Gasteiger partial charge on any atom is 0.243 e. The van der Waals surface area contributed by atoms with Gasteiger partial charge in [0.25, 0.3) is 0 Å². The predicted molar refractivity (Wildman–Crippen MR) is 122 cm³/mol. The molecule has 3 rings (SSSR count). The summed E-state index contributed by atoms with van der Waals surface area (Å²) in [4.78, 5) is 2.52. The van der Waals surface area contributed by atoms with E-state index in [9.17, 15) is 8.42 Å². The standard InChI is InChI=1S/C23H32N2O6S/c1-4-30-15-16-31-20-6-8-21(9-7-20)32(26,27)25-13-11-24(12-14-25)18-19-5-10-22(28-2)23(17-19)29-3/h5-10,17H,4,11-16,18H2,1-3H3. The zero-order valence-corrected chi connectivity index (χ0v) is 19.8. The minimum absolute atomic E-state index is 0.281. The molecule has 1 fully saturated rings. The van der Waals surface area contributed by atoms with E-state index in [2.05, 4.69) is 4.90 Å². The van der Waals surface area contributed by atoms with E-state index < -0.39 is 10.0 Å². The van der Waals surface area contributed by atoms with Crippen LogP contribution in [0.15, 0.2) is 47.4 Å². The number of methoxy groups -OCH3 is 2. The first-order valence-electron chi connectivity index (χ1n) is 10.7. The summed E-state index contributed by atoms with van der Waals surface area (Å²) in [7, 11) is -0.307. The highest BCUT2D eigenvalue weighted by Gasteiger charge is 2.28. The van der Waals surface area contributed by atoms with Crippen molar-refractivity contribution in [2.75, 3.05) is 60.2 Å². The van der Waals surface area contributed by atoms with Gasteiger partial charge in [0.15, 0.2) is 11.5 Å². The fourth-order valence-electron chi connectivity index (χ4n) is 3.58. The molecule has 2 aromatic rings. The molecular formula is C23H32N2O6S. The number of piperazine rings is 1. The van der Waals surface area contributed by atoms with Crippen molar-refractivity contribution < 1.29 is 27.4 Å². The second-order valence-electron chi connectivity index (χ2n) is 7.39. The van der Waals surface area contributed by atoms with E-state index in [4.69, 9.17) is 18.9 Å². The number of rotatable bonds is 11. The summed E-state index contributed by atoms with van der Waals surface area (Å²) >= 11 is 0. The third-order valence-corrected chi connectivity index (χ3v) is 7.26. The molecule has 0 bridgehead atoms. The van der Waals surface area contributed by atoms with Crippen LogP contribution in [-0.2, 0) is 21.3 Å². The number of benzene rings is 2. The van der Waals surface area contributed by atoms with Gasteiger partial charge in [0.05, 0.1) is 25.7 Å². The van der Waals surface area contributed by atoms with Crippen molar-refractivity contribution in [1.29, 1.82) is 0 Å². The molecule has 0 spiro atoms.